The van der Waals surface area contributed by atoms with Crippen LogP contribution in [0.3, 0.4) is 0 Å². The maximum absolute atomic E-state index is 12.1. The molecule has 2 heterocycles. The highest BCUT2D eigenvalue weighted by molar-refractivity contribution is 7.90. The van der Waals surface area contributed by atoms with E-state index in [9.17, 15) is 18.0 Å². The largest absolute Gasteiger partial charge is 0.481 e. The standard InChI is InChI=1S/C12H15NO6S/c1-7-5-13(6-8(7)12(15)16)11(14)9-3-4-10(19-9)20(2,17)18/h3-4,7-8H,5-6H2,1-2H3,(H,15,16)/t7-,8-/m1/s1. The van der Waals surface area contributed by atoms with Crippen LogP contribution in [-0.2, 0) is 14.6 Å². The first-order valence-corrected chi connectivity index (χ1v) is 7.91. The summed E-state index contributed by atoms with van der Waals surface area (Å²) in [5.74, 6) is -2.28. The summed E-state index contributed by atoms with van der Waals surface area (Å²) in [5.41, 5.74) is 0. The summed E-state index contributed by atoms with van der Waals surface area (Å²) < 4.78 is 27.6. The number of likely N-dealkylation sites (tertiary alicyclic amines) is 1. The summed E-state index contributed by atoms with van der Waals surface area (Å²) in [6.07, 6.45) is 0.985. The molecule has 110 valence electrons. The minimum absolute atomic E-state index is 0.0938. The second-order valence-corrected chi connectivity index (χ2v) is 6.97. The van der Waals surface area contributed by atoms with Crippen LogP contribution in [0.1, 0.15) is 17.5 Å². The normalized spacial score (nSPS) is 23.0. The molecule has 0 aliphatic carbocycles. The number of hydrogen-bond donors (Lipinski definition) is 1. The van der Waals surface area contributed by atoms with Gasteiger partial charge >= 0.3 is 5.97 Å². The lowest BCUT2D eigenvalue weighted by Gasteiger charge is -2.13. The third-order valence-corrected chi connectivity index (χ3v) is 4.32. The van der Waals surface area contributed by atoms with Gasteiger partial charge in [-0.1, -0.05) is 6.92 Å². The van der Waals surface area contributed by atoms with Crippen molar-refractivity contribution in [2.75, 3.05) is 19.3 Å². The van der Waals surface area contributed by atoms with Gasteiger partial charge in [-0.05, 0) is 18.1 Å². The van der Waals surface area contributed by atoms with Crippen LogP contribution in [0.5, 0.6) is 0 Å². The van der Waals surface area contributed by atoms with Crippen LogP contribution >= 0.6 is 0 Å². The zero-order valence-corrected chi connectivity index (χ0v) is 11.9. The summed E-state index contributed by atoms with van der Waals surface area (Å²) in [6, 6.07) is 2.51. The molecule has 20 heavy (non-hydrogen) atoms. The van der Waals surface area contributed by atoms with E-state index in [1.807, 2.05) is 0 Å². The molecule has 1 fully saturated rings. The van der Waals surface area contributed by atoms with Gasteiger partial charge in [-0.25, -0.2) is 8.42 Å². The fraction of sp³-hybridized carbons (Fsp3) is 0.500. The van der Waals surface area contributed by atoms with E-state index >= 15 is 0 Å². The second kappa shape index (κ2) is 4.93. The van der Waals surface area contributed by atoms with Gasteiger partial charge in [0.15, 0.2) is 5.76 Å². The van der Waals surface area contributed by atoms with Gasteiger partial charge in [-0.15, -0.1) is 0 Å². The highest BCUT2D eigenvalue weighted by atomic mass is 32.2. The third kappa shape index (κ3) is 2.69. The number of rotatable bonds is 3. The van der Waals surface area contributed by atoms with Gasteiger partial charge in [-0.3, -0.25) is 9.59 Å². The molecule has 0 radical (unpaired) electrons. The van der Waals surface area contributed by atoms with E-state index < -0.39 is 27.6 Å². The summed E-state index contributed by atoms with van der Waals surface area (Å²) in [7, 11) is -3.51. The van der Waals surface area contributed by atoms with Crippen LogP contribution in [0.25, 0.3) is 0 Å². The van der Waals surface area contributed by atoms with E-state index in [1.165, 1.54) is 17.0 Å². The maximum Gasteiger partial charge on any atom is 0.308 e. The molecular weight excluding hydrogens is 286 g/mol. The van der Waals surface area contributed by atoms with Crippen molar-refractivity contribution in [3.8, 4) is 0 Å². The zero-order valence-electron chi connectivity index (χ0n) is 11.1. The number of hydrogen-bond acceptors (Lipinski definition) is 5. The Kier molecular flexibility index (Phi) is 3.59. The number of amides is 1. The van der Waals surface area contributed by atoms with Crippen molar-refractivity contribution < 1.29 is 27.5 Å². The molecule has 0 spiro atoms. The molecule has 1 saturated heterocycles. The molecular formula is C12H15NO6S. The lowest BCUT2D eigenvalue weighted by Crippen LogP contribution is -2.29. The van der Waals surface area contributed by atoms with E-state index in [1.54, 1.807) is 6.92 Å². The number of carboxylic acid groups (broad SMARTS) is 1. The maximum atomic E-state index is 12.1. The summed E-state index contributed by atoms with van der Waals surface area (Å²) in [6.45, 7) is 2.17. The van der Waals surface area contributed by atoms with E-state index in [0.717, 1.165) is 6.26 Å². The first-order valence-electron chi connectivity index (χ1n) is 6.02. The fourth-order valence-corrected chi connectivity index (χ4v) is 2.80. The summed E-state index contributed by atoms with van der Waals surface area (Å²) in [5, 5.41) is 8.75. The predicted molar refractivity (Wildman–Crippen MR) is 68.0 cm³/mol. The topological polar surface area (TPSA) is 105 Å². The lowest BCUT2D eigenvalue weighted by molar-refractivity contribution is -0.142. The average molecular weight is 301 g/mol. The average Bonchev–Trinajstić information content (AvgIpc) is 2.93. The Morgan fingerprint density at radius 1 is 1.35 bits per heavy atom. The van der Waals surface area contributed by atoms with Gasteiger partial charge < -0.3 is 14.4 Å². The molecule has 2 atom stereocenters. The highest BCUT2D eigenvalue weighted by Crippen LogP contribution is 2.25. The van der Waals surface area contributed by atoms with Crippen LogP contribution in [0, 0.1) is 11.8 Å². The van der Waals surface area contributed by atoms with Crippen molar-refractivity contribution in [2.24, 2.45) is 11.8 Å². The number of nitrogens with zero attached hydrogens (tertiary/aromatic N) is 1. The zero-order chi connectivity index (χ0) is 15.1. The van der Waals surface area contributed by atoms with Crippen molar-refractivity contribution in [3.05, 3.63) is 17.9 Å². The monoisotopic (exact) mass is 301 g/mol. The number of furan rings is 1. The van der Waals surface area contributed by atoms with Gasteiger partial charge in [0.05, 0.1) is 5.92 Å². The lowest BCUT2D eigenvalue weighted by atomic mass is 9.99. The Hall–Kier alpha value is -1.83. The number of carboxylic acids is 1. The van der Waals surface area contributed by atoms with Gasteiger partial charge in [0.25, 0.3) is 5.91 Å². The number of carbonyl (C=O) groups is 2. The Morgan fingerprint density at radius 2 is 2.00 bits per heavy atom. The number of sulfone groups is 1. The Balaban J connectivity index is 2.17. The third-order valence-electron chi connectivity index (χ3n) is 3.37. The molecule has 0 unspecified atom stereocenters. The van der Waals surface area contributed by atoms with E-state index in [-0.39, 0.29) is 23.3 Å². The quantitative estimate of drug-likeness (QED) is 0.870. The molecule has 0 saturated carbocycles. The fourth-order valence-electron chi connectivity index (χ4n) is 2.24. The minimum Gasteiger partial charge on any atom is -0.481 e. The van der Waals surface area contributed by atoms with Crippen molar-refractivity contribution in [3.63, 3.8) is 0 Å². The number of aliphatic carboxylic acids is 1. The van der Waals surface area contributed by atoms with Gasteiger partial charge in [0, 0.05) is 19.3 Å². The van der Waals surface area contributed by atoms with Crippen molar-refractivity contribution >= 4 is 21.7 Å². The molecule has 1 N–H and O–H groups in total. The molecule has 8 heteroatoms. The second-order valence-electron chi connectivity index (χ2n) is 5.02. The molecule has 0 aromatic carbocycles. The molecule has 1 aromatic rings. The SMILES string of the molecule is C[C@@H]1CN(C(=O)c2ccc(S(C)(=O)=O)o2)C[C@H]1C(=O)O. The van der Waals surface area contributed by atoms with E-state index in [4.69, 9.17) is 9.52 Å². The van der Waals surface area contributed by atoms with Crippen LogP contribution < -0.4 is 0 Å². The van der Waals surface area contributed by atoms with Crippen molar-refractivity contribution in [1.29, 1.82) is 0 Å². The molecule has 1 aliphatic heterocycles. The van der Waals surface area contributed by atoms with E-state index in [2.05, 4.69) is 0 Å². The van der Waals surface area contributed by atoms with Crippen LogP contribution in [-0.4, -0.2) is 49.6 Å². The predicted octanol–water partition coefficient (Wildman–Crippen LogP) is 0.476. The highest BCUT2D eigenvalue weighted by Gasteiger charge is 2.38. The van der Waals surface area contributed by atoms with Crippen molar-refractivity contribution in [2.45, 2.75) is 12.0 Å². The Labute approximate surface area is 116 Å². The first-order chi connectivity index (χ1) is 9.20. The molecule has 1 aliphatic rings. The Bertz CT molecular complexity index is 647. The molecule has 2 rings (SSSR count). The molecule has 7 nitrogen and oxygen atoms in total. The minimum atomic E-state index is -3.51. The smallest absolute Gasteiger partial charge is 0.308 e. The molecule has 1 amide bonds. The Morgan fingerprint density at radius 3 is 2.45 bits per heavy atom. The van der Waals surface area contributed by atoms with Gasteiger partial charge in [0.2, 0.25) is 14.9 Å². The van der Waals surface area contributed by atoms with Crippen LogP contribution in [0.15, 0.2) is 21.6 Å². The van der Waals surface area contributed by atoms with Gasteiger partial charge in [-0.2, -0.15) is 0 Å². The first kappa shape index (κ1) is 14.6. The summed E-state index contributed by atoms with van der Waals surface area (Å²) >= 11 is 0. The van der Waals surface area contributed by atoms with Crippen molar-refractivity contribution in [1.82, 2.24) is 4.90 Å². The van der Waals surface area contributed by atoms with E-state index in [0.29, 0.717) is 6.54 Å². The van der Waals surface area contributed by atoms with Crippen LogP contribution in [0.4, 0.5) is 0 Å². The number of carbonyl (C=O) groups excluding carboxylic acids is 1. The van der Waals surface area contributed by atoms with Crippen LogP contribution in [0.2, 0.25) is 0 Å². The molecule has 0 bridgehead atoms. The molecule has 1 aromatic heterocycles. The van der Waals surface area contributed by atoms with Gasteiger partial charge in [0.1, 0.15) is 0 Å². The summed E-state index contributed by atoms with van der Waals surface area (Å²) in [4.78, 5) is 24.5.